The van der Waals surface area contributed by atoms with Crippen molar-refractivity contribution in [2.45, 2.75) is 50.4 Å². The van der Waals surface area contributed by atoms with Gasteiger partial charge in [0, 0.05) is 26.2 Å². The number of benzene rings is 1. The fourth-order valence-electron chi connectivity index (χ4n) is 4.29. The summed E-state index contributed by atoms with van der Waals surface area (Å²) in [6.45, 7) is 5.84. The summed E-state index contributed by atoms with van der Waals surface area (Å²) in [6.07, 6.45) is 9.08. The van der Waals surface area contributed by atoms with Crippen LogP contribution in [0.1, 0.15) is 50.5 Å². The summed E-state index contributed by atoms with van der Waals surface area (Å²) >= 11 is 0. The van der Waals surface area contributed by atoms with Crippen molar-refractivity contribution in [3.05, 3.63) is 35.6 Å². The minimum Gasteiger partial charge on any atom is -0.314 e. The fraction of sp³-hybridized carbons (Fsp3) is 0.684. The van der Waals surface area contributed by atoms with Crippen LogP contribution in [0.15, 0.2) is 24.3 Å². The lowest BCUT2D eigenvalue weighted by molar-refractivity contribution is 0.210. The summed E-state index contributed by atoms with van der Waals surface area (Å²) in [6, 6.07) is 7.35. The van der Waals surface area contributed by atoms with Crippen molar-refractivity contribution in [2.75, 3.05) is 32.7 Å². The average Bonchev–Trinajstić information content (AvgIpc) is 2.57. The van der Waals surface area contributed by atoms with Gasteiger partial charge in [0.05, 0.1) is 0 Å². The molecule has 1 N–H and O–H groups in total. The molecule has 0 atom stereocenters. The Morgan fingerprint density at radius 1 is 1.00 bits per heavy atom. The Hall–Kier alpha value is -0.930. The molecular formula is C19H29FN2. The number of piperazine rings is 1. The minimum absolute atomic E-state index is 0.115. The molecule has 0 amide bonds. The zero-order valence-electron chi connectivity index (χ0n) is 13.6. The van der Waals surface area contributed by atoms with E-state index in [4.69, 9.17) is 0 Å². The summed E-state index contributed by atoms with van der Waals surface area (Å²) in [5.74, 6) is -0.115. The first-order chi connectivity index (χ1) is 10.8. The molecule has 1 aliphatic heterocycles. The molecule has 1 heterocycles. The molecule has 22 heavy (non-hydrogen) atoms. The summed E-state index contributed by atoms with van der Waals surface area (Å²) in [7, 11) is 0. The Kier molecular flexibility index (Phi) is 5.48. The van der Waals surface area contributed by atoms with Gasteiger partial charge >= 0.3 is 0 Å². The van der Waals surface area contributed by atoms with Crippen molar-refractivity contribution in [2.24, 2.45) is 0 Å². The van der Waals surface area contributed by atoms with Crippen LogP contribution in [-0.2, 0) is 5.41 Å². The van der Waals surface area contributed by atoms with Crippen molar-refractivity contribution in [3.8, 4) is 0 Å². The van der Waals surface area contributed by atoms with E-state index in [2.05, 4.69) is 10.2 Å². The van der Waals surface area contributed by atoms with Crippen LogP contribution in [0.4, 0.5) is 4.39 Å². The third kappa shape index (κ3) is 3.88. The van der Waals surface area contributed by atoms with Gasteiger partial charge in [-0.3, -0.25) is 0 Å². The van der Waals surface area contributed by atoms with Gasteiger partial charge in [-0.1, -0.05) is 31.4 Å². The molecule has 1 aromatic rings. The van der Waals surface area contributed by atoms with Gasteiger partial charge in [-0.25, -0.2) is 4.39 Å². The second-order valence-electron chi connectivity index (χ2n) is 7.04. The van der Waals surface area contributed by atoms with E-state index >= 15 is 0 Å². The van der Waals surface area contributed by atoms with Gasteiger partial charge in [0.1, 0.15) is 5.82 Å². The van der Waals surface area contributed by atoms with E-state index in [0.29, 0.717) is 5.41 Å². The van der Waals surface area contributed by atoms with Gasteiger partial charge < -0.3 is 10.2 Å². The zero-order chi connectivity index (χ0) is 15.3. The molecule has 0 radical (unpaired) electrons. The maximum Gasteiger partial charge on any atom is 0.123 e. The predicted octanol–water partition coefficient (Wildman–Crippen LogP) is 3.71. The van der Waals surface area contributed by atoms with E-state index < -0.39 is 0 Å². The van der Waals surface area contributed by atoms with Gasteiger partial charge in [0.25, 0.3) is 0 Å². The molecule has 2 fully saturated rings. The summed E-state index contributed by atoms with van der Waals surface area (Å²) in [5, 5.41) is 3.42. The third-order valence-corrected chi connectivity index (χ3v) is 5.61. The van der Waals surface area contributed by atoms with Crippen molar-refractivity contribution < 1.29 is 4.39 Å². The molecule has 1 saturated heterocycles. The Bertz CT molecular complexity index is 445. The van der Waals surface area contributed by atoms with Crippen LogP contribution in [0.5, 0.6) is 0 Å². The molecule has 3 rings (SSSR count). The van der Waals surface area contributed by atoms with Crippen molar-refractivity contribution >= 4 is 0 Å². The van der Waals surface area contributed by atoms with E-state index in [9.17, 15) is 4.39 Å². The molecule has 1 saturated carbocycles. The molecule has 3 heteroatoms. The molecule has 2 aliphatic rings. The topological polar surface area (TPSA) is 15.3 Å². The Labute approximate surface area is 134 Å². The van der Waals surface area contributed by atoms with Crippen molar-refractivity contribution in [1.82, 2.24) is 10.2 Å². The highest BCUT2D eigenvalue weighted by atomic mass is 19.1. The maximum absolute atomic E-state index is 13.3. The van der Waals surface area contributed by atoms with Gasteiger partial charge in [0.2, 0.25) is 0 Å². The predicted molar refractivity (Wildman–Crippen MR) is 89.7 cm³/mol. The number of hydrogen-bond acceptors (Lipinski definition) is 2. The van der Waals surface area contributed by atoms with Crippen LogP contribution < -0.4 is 5.32 Å². The normalized spacial score (nSPS) is 22.6. The number of rotatable bonds is 5. The molecular weight excluding hydrogens is 275 g/mol. The lowest BCUT2D eigenvalue weighted by atomic mass is 9.67. The largest absolute Gasteiger partial charge is 0.314 e. The van der Waals surface area contributed by atoms with Crippen LogP contribution in [0, 0.1) is 5.82 Å². The summed E-state index contributed by atoms with van der Waals surface area (Å²) in [5.41, 5.74) is 1.67. The third-order valence-electron chi connectivity index (χ3n) is 5.61. The number of nitrogens with one attached hydrogen (secondary N) is 1. The van der Waals surface area contributed by atoms with Crippen LogP contribution in [0.25, 0.3) is 0 Å². The quantitative estimate of drug-likeness (QED) is 0.892. The highest BCUT2D eigenvalue weighted by Gasteiger charge is 2.33. The van der Waals surface area contributed by atoms with Gasteiger partial charge in [-0.2, -0.15) is 0 Å². The number of nitrogens with zero attached hydrogens (tertiary/aromatic N) is 1. The molecule has 0 spiro atoms. The van der Waals surface area contributed by atoms with Crippen LogP contribution >= 0.6 is 0 Å². The fourth-order valence-corrected chi connectivity index (χ4v) is 4.29. The molecule has 1 aliphatic carbocycles. The maximum atomic E-state index is 13.3. The Morgan fingerprint density at radius 2 is 1.68 bits per heavy atom. The first-order valence-corrected chi connectivity index (χ1v) is 8.98. The Balaban J connectivity index is 1.62. The summed E-state index contributed by atoms with van der Waals surface area (Å²) in [4.78, 5) is 2.58. The first-order valence-electron chi connectivity index (χ1n) is 8.98. The van der Waals surface area contributed by atoms with Gasteiger partial charge in [-0.05, 0) is 55.3 Å². The van der Waals surface area contributed by atoms with Crippen molar-refractivity contribution in [3.63, 3.8) is 0 Å². The van der Waals surface area contributed by atoms with Crippen molar-refractivity contribution in [1.29, 1.82) is 0 Å². The lowest BCUT2D eigenvalue weighted by Crippen LogP contribution is -2.44. The molecule has 1 aromatic carbocycles. The molecule has 0 bridgehead atoms. The highest BCUT2D eigenvalue weighted by molar-refractivity contribution is 5.26. The van der Waals surface area contributed by atoms with Crippen LogP contribution in [0.2, 0.25) is 0 Å². The Morgan fingerprint density at radius 3 is 2.36 bits per heavy atom. The van der Waals surface area contributed by atoms with Gasteiger partial charge in [0.15, 0.2) is 0 Å². The van der Waals surface area contributed by atoms with E-state index in [1.807, 2.05) is 12.1 Å². The van der Waals surface area contributed by atoms with E-state index in [1.54, 1.807) is 12.1 Å². The molecule has 122 valence electrons. The second kappa shape index (κ2) is 7.56. The van der Waals surface area contributed by atoms with E-state index in [1.165, 1.54) is 70.1 Å². The SMILES string of the molecule is Fc1ccc(C2(CCCN3CCNCC3)CCCCC2)cc1. The monoisotopic (exact) mass is 304 g/mol. The molecule has 0 unspecified atom stereocenters. The van der Waals surface area contributed by atoms with Gasteiger partial charge in [-0.15, -0.1) is 0 Å². The minimum atomic E-state index is -0.115. The zero-order valence-corrected chi connectivity index (χ0v) is 13.6. The standard InChI is InChI=1S/C19H29FN2/c20-18-7-5-17(6-8-18)19(9-2-1-3-10-19)11-4-14-22-15-12-21-13-16-22/h5-8,21H,1-4,9-16H2. The van der Waals surface area contributed by atoms with Crippen LogP contribution in [-0.4, -0.2) is 37.6 Å². The first kappa shape index (κ1) is 15.9. The average molecular weight is 304 g/mol. The smallest absolute Gasteiger partial charge is 0.123 e. The highest BCUT2D eigenvalue weighted by Crippen LogP contribution is 2.43. The van der Waals surface area contributed by atoms with E-state index in [0.717, 1.165) is 13.1 Å². The van der Waals surface area contributed by atoms with E-state index in [-0.39, 0.29) is 5.82 Å². The lowest BCUT2D eigenvalue weighted by Gasteiger charge is -2.39. The second-order valence-corrected chi connectivity index (χ2v) is 7.04. The van der Waals surface area contributed by atoms with Crippen LogP contribution in [0.3, 0.4) is 0 Å². The number of hydrogen-bond donors (Lipinski definition) is 1. The summed E-state index contributed by atoms with van der Waals surface area (Å²) < 4.78 is 13.3. The molecule has 2 nitrogen and oxygen atoms in total. The molecule has 0 aromatic heterocycles. The number of halogens is 1.